The van der Waals surface area contributed by atoms with Crippen molar-refractivity contribution in [3.63, 3.8) is 0 Å². The van der Waals surface area contributed by atoms with E-state index in [-0.39, 0.29) is 17.1 Å². The second-order valence-electron chi connectivity index (χ2n) is 11.6. The molecule has 2 aliphatic carbocycles. The first-order chi connectivity index (χ1) is 16.2. The van der Waals surface area contributed by atoms with Crippen LogP contribution < -0.4 is 4.74 Å². The number of carbonyl (C=O) groups is 1. The van der Waals surface area contributed by atoms with E-state index < -0.39 is 5.97 Å². The molecule has 34 heavy (non-hydrogen) atoms. The third-order valence-electron chi connectivity index (χ3n) is 8.43. The van der Waals surface area contributed by atoms with Crippen LogP contribution in [-0.2, 0) is 21.6 Å². The highest BCUT2D eigenvalue weighted by Crippen LogP contribution is 2.59. The number of likely N-dealkylation sites (tertiary alicyclic amines) is 1. The van der Waals surface area contributed by atoms with Crippen molar-refractivity contribution < 1.29 is 19.5 Å². The van der Waals surface area contributed by atoms with E-state index in [2.05, 4.69) is 42.1 Å². The van der Waals surface area contributed by atoms with Crippen molar-refractivity contribution in [2.45, 2.75) is 82.0 Å². The van der Waals surface area contributed by atoms with Gasteiger partial charge in [-0.05, 0) is 51.2 Å². The van der Waals surface area contributed by atoms with Crippen LogP contribution in [0.3, 0.4) is 0 Å². The number of fused-ring (bicyclic) bond motifs is 2. The monoisotopic (exact) mass is 462 g/mol. The molecule has 5 aliphatic rings. The number of benzene rings is 1. The molecule has 1 unspecified atom stereocenters. The highest BCUT2D eigenvalue weighted by atomic mass is 16.7. The zero-order valence-electron chi connectivity index (χ0n) is 20.2. The Kier molecular flexibility index (Phi) is 4.96. The minimum Gasteiger partial charge on any atom is -0.488 e. The predicted molar refractivity (Wildman–Crippen MR) is 130 cm³/mol. The van der Waals surface area contributed by atoms with E-state index in [4.69, 9.17) is 14.7 Å². The lowest BCUT2D eigenvalue weighted by molar-refractivity contribution is -0.132. The summed E-state index contributed by atoms with van der Waals surface area (Å²) in [5.74, 6) is 0.366. The van der Waals surface area contributed by atoms with Gasteiger partial charge in [0.25, 0.3) is 0 Å². The Labute approximate surface area is 201 Å². The molecule has 1 aromatic carbocycles. The number of carboxylic acid groups (broad SMARTS) is 1. The van der Waals surface area contributed by atoms with Crippen molar-refractivity contribution in [2.75, 3.05) is 13.1 Å². The van der Waals surface area contributed by atoms with Crippen LogP contribution in [0, 0.1) is 5.92 Å². The fourth-order valence-corrected chi connectivity index (χ4v) is 6.44. The molecule has 2 spiro atoms. The molecule has 0 radical (unpaired) electrons. The number of hydrogen-bond donors (Lipinski definition) is 1. The minimum absolute atomic E-state index is 0.0728. The van der Waals surface area contributed by atoms with Crippen LogP contribution in [0.25, 0.3) is 0 Å². The highest BCUT2D eigenvalue weighted by molar-refractivity contribution is 5.93. The average molecular weight is 463 g/mol. The summed E-state index contributed by atoms with van der Waals surface area (Å²) in [5.41, 5.74) is 4.30. The van der Waals surface area contributed by atoms with Gasteiger partial charge < -0.3 is 14.7 Å². The molecule has 0 amide bonds. The Bertz CT molecular complexity index is 1100. The van der Waals surface area contributed by atoms with Crippen LogP contribution in [0.15, 0.2) is 47.2 Å². The summed E-state index contributed by atoms with van der Waals surface area (Å²) in [7, 11) is 0. The van der Waals surface area contributed by atoms with Crippen molar-refractivity contribution in [2.24, 2.45) is 11.1 Å². The van der Waals surface area contributed by atoms with Crippen molar-refractivity contribution in [1.82, 2.24) is 4.90 Å². The second kappa shape index (κ2) is 7.70. The molecule has 3 heterocycles. The van der Waals surface area contributed by atoms with E-state index in [1.165, 1.54) is 24.0 Å². The molecular weight excluding hydrogens is 428 g/mol. The Balaban J connectivity index is 1.06. The fourth-order valence-electron chi connectivity index (χ4n) is 6.44. The van der Waals surface area contributed by atoms with Gasteiger partial charge in [0.1, 0.15) is 17.0 Å². The largest absolute Gasteiger partial charge is 0.488 e. The minimum atomic E-state index is -0.870. The molecule has 0 bridgehead atoms. The molecule has 0 aromatic heterocycles. The zero-order valence-corrected chi connectivity index (χ0v) is 20.2. The summed E-state index contributed by atoms with van der Waals surface area (Å²) in [6, 6.07) is 6.84. The zero-order chi connectivity index (χ0) is 23.6. The number of ether oxygens (including phenoxy) is 1. The third-order valence-corrected chi connectivity index (χ3v) is 8.43. The first kappa shape index (κ1) is 21.9. The summed E-state index contributed by atoms with van der Waals surface area (Å²) < 4.78 is 6.30. The first-order valence-corrected chi connectivity index (χ1v) is 12.7. The topological polar surface area (TPSA) is 71.4 Å². The molecule has 6 rings (SSSR count). The van der Waals surface area contributed by atoms with Gasteiger partial charge in [0.05, 0.1) is 11.3 Å². The van der Waals surface area contributed by atoms with Crippen LogP contribution in [0.5, 0.6) is 5.75 Å². The molecule has 1 aromatic rings. The van der Waals surface area contributed by atoms with Gasteiger partial charge in [-0.1, -0.05) is 35.5 Å². The molecule has 1 N–H and O–H groups in total. The SMILES string of the molecule is CC1(C)CC2(CC2)c2cc(CN3CCC4(CC3)CC(C3C=CC(C(=O)O)=CC3)=NO4)ccc2O1. The summed E-state index contributed by atoms with van der Waals surface area (Å²) in [5, 5.41) is 13.6. The maximum atomic E-state index is 11.1. The van der Waals surface area contributed by atoms with Gasteiger partial charge >= 0.3 is 5.97 Å². The lowest BCUT2D eigenvalue weighted by Gasteiger charge is -2.39. The van der Waals surface area contributed by atoms with Crippen molar-refractivity contribution in [3.05, 3.63) is 53.1 Å². The van der Waals surface area contributed by atoms with E-state index in [0.717, 1.165) is 56.8 Å². The number of hydrogen-bond acceptors (Lipinski definition) is 5. The number of oxime groups is 1. The Morgan fingerprint density at radius 1 is 1.21 bits per heavy atom. The molecular formula is C28H34N2O4. The van der Waals surface area contributed by atoms with Gasteiger partial charge in [-0.2, -0.15) is 0 Å². The Morgan fingerprint density at radius 2 is 2.00 bits per heavy atom. The summed E-state index contributed by atoms with van der Waals surface area (Å²) >= 11 is 0. The second-order valence-corrected chi connectivity index (χ2v) is 11.6. The van der Waals surface area contributed by atoms with E-state index in [9.17, 15) is 4.79 Å². The van der Waals surface area contributed by atoms with Gasteiger partial charge in [-0.3, -0.25) is 4.90 Å². The lowest BCUT2D eigenvalue weighted by Crippen LogP contribution is -2.44. The van der Waals surface area contributed by atoms with E-state index in [0.29, 0.717) is 17.4 Å². The third kappa shape index (κ3) is 3.96. The molecule has 1 saturated heterocycles. The number of nitrogens with zero attached hydrogens (tertiary/aromatic N) is 2. The quantitative estimate of drug-likeness (QED) is 0.684. The van der Waals surface area contributed by atoms with Gasteiger partial charge in [-0.15, -0.1) is 0 Å². The van der Waals surface area contributed by atoms with Crippen LogP contribution in [0.2, 0.25) is 0 Å². The van der Waals surface area contributed by atoms with Crippen LogP contribution in [0.4, 0.5) is 0 Å². The van der Waals surface area contributed by atoms with Crippen molar-refractivity contribution >= 4 is 11.7 Å². The van der Waals surface area contributed by atoms with Crippen molar-refractivity contribution in [3.8, 4) is 5.75 Å². The maximum Gasteiger partial charge on any atom is 0.335 e. The molecule has 1 saturated carbocycles. The molecule has 3 aliphatic heterocycles. The predicted octanol–water partition coefficient (Wildman–Crippen LogP) is 4.98. The van der Waals surface area contributed by atoms with Gasteiger partial charge in [0, 0.05) is 55.8 Å². The first-order valence-electron chi connectivity index (χ1n) is 12.7. The molecule has 2 fully saturated rings. The molecule has 180 valence electrons. The van der Waals surface area contributed by atoms with E-state index in [1.807, 2.05) is 6.08 Å². The van der Waals surface area contributed by atoms with E-state index >= 15 is 0 Å². The maximum absolute atomic E-state index is 11.1. The number of piperidine rings is 1. The van der Waals surface area contributed by atoms with Gasteiger partial charge in [0.15, 0.2) is 0 Å². The van der Waals surface area contributed by atoms with E-state index in [1.54, 1.807) is 12.2 Å². The molecule has 1 atom stereocenters. The van der Waals surface area contributed by atoms with Crippen LogP contribution in [0.1, 0.15) is 69.9 Å². The standard InChI is InChI=1S/C28H34N2O4/c1-26(2)18-27(9-10-27)22-15-19(3-8-24(22)33-26)17-30-13-11-28(12-14-30)16-23(29-34-28)20-4-6-21(7-5-20)25(31)32/h3-4,6-8,15,20H,5,9-14,16-18H2,1-2H3,(H,31,32). The highest BCUT2D eigenvalue weighted by Gasteiger charge is 2.53. The normalized spacial score (nSPS) is 28.0. The Morgan fingerprint density at radius 3 is 2.68 bits per heavy atom. The van der Waals surface area contributed by atoms with Gasteiger partial charge in [-0.25, -0.2) is 4.79 Å². The van der Waals surface area contributed by atoms with Crippen LogP contribution in [-0.4, -0.2) is 46.0 Å². The smallest absolute Gasteiger partial charge is 0.335 e. The number of carboxylic acids is 1. The van der Waals surface area contributed by atoms with Crippen molar-refractivity contribution in [1.29, 1.82) is 0 Å². The fraction of sp³-hybridized carbons (Fsp3) is 0.571. The number of allylic oxidation sites excluding steroid dienone is 2. The number of rotatable bonds is 4. The summed E-state index contributed by atoms with van der Waals surface area (Å²) in [6.45, 7) is 7.38. The average Bonchev–Trinajstić information content (AvgIpc) is 3.45. The molecule has 6 nitrogen and oxygen atoms in total. The Hall–Kier alpha value is -2.60. The summed E-state index contributed by atoms with van der Waals surface area (Å²) in [4.78, 5) is 19.7. The number of aliphatic carboxylic acids is 1. The molecule has 6 heteroatoms. The lowest BCUT2D eigenvalue weighted by atomic mass is 9.81. The van der Waals surface area contributed by atoms with Gasteiger partial charge in [0.2, 0.25) is 0 Å². The van der Waals surface area contributed by atoms with Crippen LogP contribution >= 0.6 is 0 Å². The summed E-state index contributed by atoms with van der Waals surface area (Å²) in [6.07, 6.45) is 12.6.